The van der Waals surface area contributed by atoms with Gasteiger partial charge in [0.15, 0.2) is 0 Å². The van der Waals surface area contributed by atoms with Gasteiger partial charge in [0.2, 0.25) is 5.91 Å². The molecule has 0 fully saturated rings. The molecule has 1 amide bonds. The molecule has 1 aromatic rings. The summed E-state index contributed by atoms with van der Waals surface area (Å²) in [6.45, 7) is 2.37. The molecule has 0 radical (unpaired) electrons. The third kappa shape index (κ3) is 4.04. The van der Waals surface area contributed by atoms with Crippen molar-refractivity contribution in [1.29, 1.82) is 0 Å². The second-order valence-corrected chi connectivity index (χ2v) is 4.06. The van der Waals surface area contributed by atoms with Crippen LogP contribution < -0.4 is 11.1 Å². The van der Waals surface area contributed by atoms with E-state index in [1.165, 1.54) is 11.0 Å². The van der Waals surface area contributed by atoms with Gasteiger partial charge in [-0.3, -0.25) is 4.79 Å². The number of nitrogens with two attached hydrogens (primary N) is 1. The standard InChI is InChI=1S/C12H16F3N3O/c1-3-18(2)11(19)7-17-10-5-4-8(6-9(10)16)12(13,14)15/h4-6,17H,3,7,16H2,1-2H3. The smallest absolute Gasteiger partial charge is 0.397 e. The fraction of sp³-hybridized carbons (Fsp3) is 0.417. The number of nitrogen functional groups attached to an aromatic ring is 1. The number of amides is 1. The Labute approximate surface area is 109 Å². The summed E-state index contributed by atoms with van der Waals surface area (Å²) in [5.74, 6) is -0.165. The van der Waals surface area contributed by atoms with Gasteiger partial charge in [0, 0.05) is 13.6 Å². The Balaban J connectivity index is 2.74. The molecular formula is C12H16F3N3O. The Morgan fingerprint density at radius 3 is 2.53 bits per heavy atom. The zero-order valence-electron chi connectivity index (χ0n) is 10.7. The van der Waals surface area contributed by atoms with Gasteiger partial charge in [-0.05, 0) is 25.1 Å². The van der Waals surface area contributed by atoms with Gasteiger partial charge < -0.3 is 16.0 Å². The second kappa shape index (κ2) is 5.81. The number of rotatable bonds is 4. The van der Waals surface area contributed by atoms with Crippen LogP contribution >= 0.6 is 0 Å². The summed E-state index contributed by atoms with van der Waals surface area (Å²) in [6, 6.07) is 2.99. The van der Waals surface area contributed by atoms with Gasteiger partial charge in [0.1, 0.15) is 0 Å². The van der Waals surface area contributed by atoms with Crippen LogP contribution in [0.1, 0.15) is 12.5 Å². The van der Waals surface area contributed by atoms with E-state index in [9.17, 15) is 18.0 Å². The molecule has 0 bridgehead atoms. The molecule has 3 N–H and O–H groups in total. The lowest BCUT2D eigenvalue weighted by atomic mass is 10.1. The van der Waals surface area contributed by atoms with Crippen molar-refractivity contribution in [3.05, 3.63) is 23.8 Å². The van der Waals surface area contributed by atoms with E-state index in [2.05, 4.69) is 5.32 Å². The molecule has 0 saturated carbocycles. The number of carbonyl (C=O) groups is 1. The maximum atomic E-state index is 12.4. The molecule has 0 atom stereocenters. The van der Waals surface area contributed by atoms with E-state index >= 15 is 0 Å². The topological polar surface area (TPSA) is 58.4 Å². The number of nitrogens with one attached hydrogen (secondary N) is 1. The maximum Gasteiger partial charge on any atom is 0.416 e. The molecule has 0 saturated heterocycles. The van der Waals surface area contributed by atoms with Crippen LogP contribution in [0.15, 0.2) is 18.2 Å². The highest BCUT2D eigenvalue weighted by Crippen LogP contribution is 2.32. The maximum absolute atomic E-state index is 12.4. The zero-order chi connectivity index (χ0) is 14.6. The van der Waals surface area contributed by atoms with E-state index in [0.717, 1.165) is 12.1 Å². The van der Waals surface area contributed by atoms with Crippen molar-refractivity contribution in [2.75, 3.05) is 31.2 Å². The van der Waals surface area contributed by atoms with Gasteiger partial charge in [-0.1, -0.05) is 0 Å². The monoisotopic (exact) mass is 275 g/mol. The molecule has 0 aliphatic heterocycles. The van der Waals surface area contributed by atoms with E-state index in [0.29, 0.717) is 12.2 Å². The third-order valence-electron chi connectivity index (χ3n) is 2.71. The van der Waals surface area contributed by atoms with Crippen molar-refractivity contribution < 1.29 is 18.0 Å². The lowest BCUT2D eigenvalue weighted by molar-refractivity contribution is -0.137. The number of nitrogens with zero attached hydrogens (tertiary/aromatic N) is 1. The Morgan fingerprint density at radius 1 is 1.42 bits per heavy atom. The largest absolute Gasteiger partial charge is 0.416 e. The Kier molecular flexibility index (Phi) is 4.63. The van der Waals surface area contributed by atoms with Crippen LogP contribution in [0, 0.1) is 0 Å². The predicted octanol–water partition coefficient (Wildman–Crippen LogP) is 2.18. The van der Waals surface area contributed by atoms with E-state index in [4.69, 9.17) is 5.73 Å². The highest BCUT2D eigenvalue weighted by Gasteiger charge is 2.30. The van der Waals surface area contributed by atoms with Crippen molar-refractivity contribution in [3.8, 4) is 0 Å². The molecule has 106 valence electrons. The summed E-state index contributed by atoms with van der Waals surface area (Å²) in [5, 5.41) is 2.72. The first-order valence-corrected chi connectivity index (χ1v) is 5.70. The molecule has 1 aromatic carbocycles. The average Bonchev–Trinajstić information content (AvgIpc) is 2.34. The molecule has 0 aliphatic carbocycles. The first-order valence-electron chi connectivity index (χ1n) is 5.70. The third-order valence-corrected chi connectivity index (χ3v) is 2.71. The van der Waals surface area contributed by atoms with Crippen molar-refractivity contribution >= 4 is 17.3 Å². The minimum absolute atomic E-state index is 0.0140. The Morgan fingerprint density at radius 2 is 2.05 bits per heavy atom. The van der Waals surface area contributed by atoms with Crippen molar-refractivity contribution in [2.45, 2.75) is 13.1 Å². The molecule has 0 heterocycles. The lowest BCUT2D eigenvalue weighted by Crippen LogP contribution is -2.32. The molecule has 0 aliphatic rings. The van der Waals surface area contributed by atoms with Gasteiger partial charge >= 0.3 is 6.18 Å². The molecule has 0 spiro atoms. The molecule has 19 heavy (non-hydrogen) atoms. The van der Waals surface area contributed by atoms with Crippen LogP contribution in [0.4, 0.5) is 24.5 Å². The van der Waals surface area contributed by atoms with Crippen molar-refractivity contribution in [2.24, 2.45) is 0 Å². The zero-order valence-corrected chi connectivity index (χ0v) is 10.7. The molecule has 0 aromatic heterocycles. The van der Waals surface area contributed by atoms with Gasteiger partial charge in [0.05, 0.1) is 23.5 Å². The summed E-state index contributed by atoms with van der Waals surface area (Å²) < 4.78 is 37.3. The molecule has 1 rings (SSSR count). The van der Waals surface area contributed by atoms with Crippen LogP contribution in [-0.4, -0.2) is 30.9 Å². The Bertz CT molecular complexity index is 460. The minimum Gasteiger partial charge on any atom is -0.397 e. The van der Waals surface area contributed by atoms with Crippen LogP contribution in [0.5, 0.6) is 0 Å². The number of hydrogen-bond acceptors (Lipinski definition) is 3. The highest BCUT2D eigenvalue weighted by atomic mass is 19.4. The molecule has 4 nitrogen and oxygen atoms in total. The second-order valence-electron chi connectivity index (χ2n) is 4.06. The van der Waals surface area contributed by atoms with E-state index in [1.54, 1.807) is 7.05 Å². The van der Waals surface area contributed by atoms with Gasteiger partial charge in [-0.15, -0.1) is 0 Å². The predicted molar refractivity (Wildman–Crippen MR) is 67.7 cm³/mol. The van der Waals surface area contributed by atoms with Gasteiger partial charge in [0.25, 0.3) is 0 Å². The number of hydrogen-bond donors (Lipinski definition) is 2. The molecular weight excluding hydrogens is 259 g/mol. The van der Waals surface area contributed by atoms with Crippen molar-refractivity contribution in [1.82, 2.24) is 4.90 Å². The number of halogens is 3. The summed E-state index contributed by atoms with van der Waals surface area (Å²) >= 11 is 0. The highest BCUT2D eigenvalue weighted by molar-refractivity contribution is 5.82. The number of alkyl halides is 3. The van der Waals surface area contributed by atoms with Gasteiger partial charge in [-0.25, -0.2) is 0 Å². The van der Waals surface area contributed by atoms with Crippen LogP contribution in [0.3, 0.4) is 0 Å². The fourth-order valence-electron chi connectivity index (χ4n) is 1.38. The lowest BCUT2D eigenvalue weighted by Gasteiger charge is -2.16. The summed E-state index contributed by atoms with van der Waals surface area (Å²) in [4.78, 5) is 13.0. The average molecular weight is 275 g/mol. The number of anilines is 2. The van der Waals surface area contributed by atoms with Crippen molar-refractivity contribution in [3.63, 3.8) is 0 Å². The van der Waals surface area contributed by atoms with E-state index in [-0.39, 0.29) is 18.1 Å². The summed E-state index contributed by atoms with van der Waals surface area (Å²) in [6.07, 6.45) is -4.43. The van der Waals surface area contributed by atoms with Crippen LogP contribution in [-0.2, 0) is 11.0 Å². The number of benzene rings is 1. The SMILES string of the molecule is CCN(C)C(=O)CNc1ccc(C(F)(F)F)cc1N. The van der Waals surface area contributed by atoms with Gasteiger partial charge in [-0.2, -0.15) is 13.2 Å². The molecule has 7 heteroatoms. The van der Waals surface area contributed by atoms with Crippen LogP contribution in [0.2, 0.25) is 0 Å². The van der Waals surface area contributed by atoms with E-state index < -0.39 is 11.7 Å². The normalized spacial score (nSPS) is 11.2. The summed E-state index contributed by atoms with van der Waals surface area (Å²) in [5.41, 5.74) is 4.98. The fourth-order valence-corrected chi connectivity index (χ4v) is 1.38. The first kappa shape index (κ1) is 15.1. The first-order chi connectivity index (χ1) is 8.75. The quantitative estimate of drug-likeness (QED) is 0.828. The Hall–Kier alpha value is -1.92. The number of carbonyl (C=O) groups excluding carboxylic acids is 1. The molecule has 0 unspecified atom stereocenters. The summed E-state index contributed by atoms with van der Waals surface area (Å²) in [7, 11) is 1.64. The van der Waals surface area contributed by atoms with E-state index in [1.807, 2.05) is 6.92 Å². The number of likely N-dealkylation sites (N-methyl/N-ethyl adjacent to an activating group) is 1. The van der Waals surface area contributed by atoms with Crippen LogP contribution in [0.25, 0.3) is 0 Å². The minimum atomic E-state index is -4.43.